The lowest BCUT2D eigenvalue weighted by Crippen LogP contribution is -2.30. The summed E-state index contributed by atoms with van der Waals surface area (Å²) in [7, 11) is -3.78. The Hall–Kier alpha value is -3.37. The zero-order valence-electron chi connectivity index (χ0n) is 16.0. The van der Waals surface area contributed by atoms with Gasteiger partial charge in [0.15, 0.2) is 0 Å². The zero-order valence-corrected chi connectivity index (χ0v) is 16.8. The molecular weight excluding hydrogens is 411 g/mol. The Morgan fingerprint density at radius 3 is 2.37 bits per heavy atom. The van der Waals surface area contributed by atoms with Crippen LogP contribution in [0.3, 0.4) is 0 Å². The SMILES string of the molecule is CC(=O)Nc1ccc(S(=O)(=O)NCCn2cnc(-c3ccc(F)cc3)cc2=O)cc1. The van der Waals surface area contributed by atoms with E-state index in [2.05, 4.69) is 15.0 Å². The largest absolute Gasteiger partial charge is 0.326 e. The van der Waals surface area contributed by atoms with Gasteiger partial charge in [0.2, 0.25) is 15.9 Å². The average molecular weight is 430 g/mol. The fourth-order valence-corrected chi connectivity index (χ4v) is 3.70. The van der Waals surface area contributed by atoms with Crippen LogP contribution in [0.1, 0.15) is 6.92 Å². The third-order valence-electron chi connectivity index (χ3n) is 4.15. The van der Waals surface area contributed by atoms with Crippen molar-refractivity contribution in [2.45, 2.75) is 18.4 Å². The summed E-state index contributed by atoms with van der Waals surface area (Å²) < 4.78 is 41.5. The fraction of sp³-hybridized carbons (Fsp3) is 0.150. The van der Waals surface area contributed by atoms with Crippen LogP contribution in [0.15, 0.2) is 70.6 Å². The van der Waals surface area contributed by atoms with E-state index in [-0.39, 0.29) is 35.3 Å². The monoisotopic (exact) mass is 430 g/mol. The molecule has 2 aromatic carbocycles. The van der Waals surface area contributed by atoms with Crippen LogP contribution in [-0.2, 0) is 21.4 Å². The minimum atomic E-state index is -3.78. The van der Waals surface area contributed by atoms with E-state index in [1.165, 1.54) is 72.4 Å². The third-order valence-corrected chi connectivity index (χ3v) is 5.63. The first-order chi connectivity index (χ1) is 14.2. The van der Waals surface area contributed by atoms with Crippen LogP contribution >= 0.6 is 0 Å². The zero-order chi connectivity index (χ0) is 21.7. The van der Waals surface area contributed by atoms with Gasteiger partial charge in [-0.25, -0.2) is 22.5 Å². The third kappa shape index (κ3) is 5.37. The molecule has 0 fully saturated rings. The average Bonchev–Trinajstić information content (AvgIpc) is 2.70. The minimum Gasteiger partial charge on any atom is -0.326 e. The summed E-state index contributed by atoms with van der Waals surface area (Å²) in [5.74, 6) is -0.641. The molecule has 0 saturated carbocycles. The van der Waals surface area contributed by atoms with Gasteiger partial charge in [0.1, 0.15) is 5.82 Å². The van der Waals surface area contributed by atoms with E-state index in [9.17, 15) is 22.4 Å². The Bertz CT molecular complexity index is 1210. The topological polar surface area (TPSA) is 110 Å². The Kier molecular flexibility index (Phi) is 6.38. The number of carbonyl (C=O) groups is 1. The van der Waals surface area contributed by atoms with Crippen molar-refractivity contribution in [1.29, 1.82) is 0 Å². The molecule has 10 heteroatoms. The van der Waals surface area contributed by atoms with Crippen molar-refractivity contribution >= 4 is 21.6 Å². The molecule has 0 atom stereocenters. The van der Waals surface area contributed by atoms with Gasteiger partial charge in [-0.15, -0.1) is 0 Å². The van der Waals surface area contributed by atoms with Crippen molar-refractivity contribution in [1.82, 2.24) is 14.3 Å². The normalized spacial score (nSPS) is 11.3. The van der Waals surface area contributed by atoms with Crippen LogP contribution in [0, 0.1) is 5.82 Å². The van der Waals surface area contributed by atoms with Crippen LogP contribution in [-0.4, -0.2) is 30.4 Å². The number of aromatic nitrogens is 2. The first-order valence-electron chi connectivity index (χ1n) is 8.94. The minimum absolute atomic E-state index is 0.0206. The summed E-state index contributed by atoms with van der Waals surface area (Å²) in [6, 6.07) is 12.6. The van der Waals surface area contributed by atoms with E-state index >= 15 is 0 Å². The molecule has 30 heavy (non-hydrogen) atoms. The molecule has 0 aliphatic rings. The van der Waals surface area contributed by atoms with Crippen LogP contribution in [0.5, 0.6) is 0 Å². The number of benzene rings is 2. The summed E-state index contributed by atoms with van der Waals surface area (Å²) in [5.41, 5.74) is 1.13. The van der Waals surface area contributed by atoms with Gasteiger partial charge in [0.05, 0.1) is 16.9 Å². The van der Waals surface area contributed by atoms with E-state index in [1.807, 2.05) is 0 Å². The molecule has 0 bridgehead atoms. The highest BCUT2D eigenvalue weighted by Gasteiger charge is 2.13. The van der Waals surface area contributed by atoms with Crippen molar-refractivity contribution in [3.8, 4) is 11.3 Å². The van der Waals surface area contributed by atoms with Gasteiger partial charge in [-0.2, -0.15) is 0 Å². The summed E-state index contributed by atoms with van der Waals surface area (Å²) in [4.78, 5) is 27.5. The highest BCUT2D eigenvalue weighted by molar-refractivity contribution is 7.89. The van der Waals surface area contributed by atoms with Crippen molar-refractivity contribution in [2.75, 3.05) is 11.9 Å². The molecule has 0 saturated heterocycles. The number of rotatable bonds is 7. The summed E-state index contributed by atoms with van der Waals surface area (Å²) in [5, 5.41) is 2.56. The van der Waals surface area contributed by atoms with E-state index in [0.29, 0.717) is 16.9 Å². The second-order valence-electron chi connectivity index (χ2n) is 6.42. The second-order valence-corrected chi connectivity index (χ2v) is 8.18. The maximum Gasteiger partial charge on any atom is 0.253 e. The van der Waals surface area contributed by atoms with Crippen LogP contribution in [0.25, 0.3) is 11.3 Å². The molecule has 8 nitrogen and oxygen atoms in total. The van der Waals surface area contributed by atoms with Gasteiger partial charge in [0.25, 0.3) is 5.56 Å². The number of hydrogen-bond donors (Lipinski definition) is 2. The molecule has 0 radical (unpaired) electrons. The molecule has 0 spiro atoms. The van der Waals surface area contributed by atoms with Crippen molar-refractivity contribution in [2.24, 2.45) is 0 Å². The smallest absolute Gasteiger partial charge is 0.253 e. The molecule has 2 N–H and O–H groups in total. The molecule has 1 heterocycles. The predicted molar refractivity (Wildman–Crippen MR) is 110 cm³/mol. The van der Waals surface area contributed by atoms with Crippen LogP contribution < -0.4 is 15.6 Å². The first-order valence-corrected chi connectivity index (χ1v) is 10.4. The van der Waals surface area contributed by atoms with Crippen molar-refractivity contribution in [3.05, 3.63) is 77.1 Å². The van der Waals surface area contributed by atoms with E-state index in [1.54, 1.807) is 0 Å². The van der Waals surface area contributed by atoms with Gasteiger partial charge in [-0.1, -0.05) is 0 Å². The van der Waals surface area contributed by atoms with E-state index in [0.717, 1.165) is 0 Å². The summed E-state index contributed by atoms with van der Waals surface area (Å²) in [6.45, 7) is 1.42. The summed E-state index contributed by atoms with van der Waals surface area (Å²) >= 11 is 0. The highest BCUT2D eigenvalue weighted by atomic mass is 32.2. The van der Waals surface area contributed by atoms with Crippen molar-refractivity contribution in [3.63, 3.8) is 0 Å². The van der Waals surface area contributed by atoms with Gasteiger partial charge in [-0.05, 0) is 48.5 Å². The maximum atomic E-state index is 13.0. The molecule has 0 unspecified atom stereocenters. The summed E-state index contributed by atoms with van der Waals surface area (Å²) in [6.07, 6.45) is 1.32. The lowest BCUT2D eigenvalue weighted by molar-refractivity contribution is -0.114. The van der Waals surface area contributed by atoms with Gasteiger partial charge in [0, 0.05) is 37.3 Å². The lowest BCUT2D eigenvalue weighted by Gasteiger charge is -2.10. The molecule has 1 amide bonds. The molecule has 1 aromatic heterocycles. The molecule has 156 valence electrons. The van der Waals surface area contributed by atoms with E-state index in [4.69, 9.17) is 0 Å². The number of anilines is 1. The Labute approximate surface area is 172 Å². The molecule has 0 aliphatic carbocycles. The number of halogens is 1. The van der Waals surface area contributed by atoms with Crippen molar-refractivity contribution < 1.29 is 17.6 Å². The number of amides is 1. The molecule has 3 rings (SSSR count). The van der Waals surface area contributed by atoms with Gasteiger partial charge in [-0.3, -0.25) is 14.2 Å². The number of carbonyl (C=O) groups excluding carboxylic acids is 1. The first kappa shape index (κ1) is 21.3. The Morgan fingerprint density at radius 1 is 1.10 bits per heavy atom. The molecule has 0 aliphatic heterocycles. The number of sulfonamides is 1. The second kappa shape index (κ2) is 8.97. The maximum absolute atomic E-state index is 13.0. The lowest BCUT2D eigenvalue weighted by atomic mass is 10.1. The molecule has 3 aromatic rings. The Morgan fingerprint density at radius 2 is 1.77 bits per heavy atom. The van der Waals surface area contributed by atoms with E-state index < -0.39 is 10.0 Å². The number of nitrogens with one attached hydrogen (secondary N) is 2. The standard InChI is InChI=1S/C20H19FN4O4S/c1-14(26)24-17-6-8-18(9-7-17)30(28,29)23-10-11-25-13-22-19(12-20(25)27)15-2-4-16(21)5-3-15/h2-9,12-13,23H,10-11H2,1H3,(H,24,26). The Balaban J connectivity index is 1.63. The van der Waals surface area contributed by atoms with Crippen LogP contribution in [0.2, 0.25) is 0 Å². The quantitative estimate of drug-likeness (QED) is 0.596. The van der Waals surface area contributed by atoms with Crippen LogP contribution in [0.4, 0.5) is 10.1 Å². The van der Waals surface area contributed by atoms with Gasteiger partial charge < -0.3 is 5.32 Å². The van der Waals surface area contributed by atoms with Gasteiger partial charge >= 0.3 is 0 Å². The number of nitrogens with zero attached hydrogens (tertiary/aromatic N) is 2. The fourth-order valence-electron chi connectivity index (χ4n) is 2.68. The predicted octanol–water partition coefficient (Wildman–Crippen LogP) is 1.99. The highest BCUT2D eigenvalue weighted by Crippen LogP contribution is 2.15. The number of hydrogen-bond acceptors (Lipinski definition) is 5. The molecular formula is C20H19FN4O4S.